The van der Waals surface area contributed by atoms with Gasteiger partial charge in [0, 0.05) is 6.42 Å². The first-order valence-electron chi connectivity index (χ1n) is 3.97. The van der Waals surface area contributed by atoms with Gasteiger partial charge in [0.25, 0.3) is 5.59 Å². The van der Waals surface area contributed by atoms with E-state index in [9.17, 15) is 4.79 Å². The van der Waals surface area contributed by atoms with E-state index < -0.39 is 15.1 Å². The van der Waals surface area contributed by atoms with E-state index in [0.29, 0.717) is 6.42 Å². The monoisotopic (exact) mass is 184 g/mol. The van der Waals surface area contributed by atoms with Gasteiger partial charge in [-0.3, -0.25) is 4.79 Å². The molecule has 66 valence electrons. The van der Waals surface area contributed by atoms with Gasteiger partial charge >= 0.3 is 0 Å². The zero-order chi connectivity index (χ0) is 8.97. The molecule has 0 amide bonds. The molecule has 1 unspecified atom stereocenters. The van der Waals surface area contributed by atoms with Crippen LogP contribution >= 0.6 is 0 Å². The lowest BCUT2D eigenvalue weighted by Crippen LogP contribution is -2.26. The highest BCUT2D eigenvalue weighted by Crippen LogP contribution is 2.04. The molecule has 1 aliphatic rings. The first-order valence-corrected chi connectivity index (χ1v) is 5.88. The van der Waals surface area contributed by atoms with Crippen LogP contribution in [-0.4, -0.2) is 25.8 Å². The molecule has 0 radical (unpaired) electrons. The number of rotatable bonds is 3. The van der Waals surface area contributed by atoms with Crippen LogP contribution in [0.2, 0.25) is 0 Å². The van der Waals surface area contributed by atoms with Crippen molar-refractivity contribution >= 4 is 14.4 Å². The maximum Gasteiger partial charge on any atom is 0.279 e. The van der Waals surface area contributed by atoms with Gasteiger partial charge in [-0.05, 0) is 0 Å². The average molecular weight is 184 g/mol. The van der Waals surface area contributed by atoms with Gasteiger partial charge < -0.3 is 9.84 Å². The second-order valence-corrected chi connectivity index (χ2v) is 4.89. The van der Waals surface area contributed by atoms with Gasteiger partial charge in [0.15, 0.2) is 6.29 Å². The molecule has 12 heavy (non-hydrogen) atoms. The number of aliphatic hydroxyl groups is 1. The van der Waals surface area contributed by atoms with E-state index in [-0.39, 0.29) is 5.59 Å². The third-order valence-electron chi connectivity index (χ3n) is 1.62. The molecular formula is C8H12O3Si. The highest BCUT2D eigenvalue weighted by Gasteiger charge is 2.20. The van der Waals surface area contributed by atoms with Crippen molar-refractivity contribution in [2.75, 3.05) is 0 Å². The minimum absolute atomic E-state index is 0.255. The zero-order valence-electron chi connectivity index (χ0n) is 6.93. The van der Waals surface area contributed by atoms with Crippen LogP contribution in [0.25, 0.3) is 0 Å². The van der Waals surface area contributed by atoms with Gasteiger partial charge in [-0.1, -0.05) is 30.5 Å². The molecule has 0 aromatic rings. The first-order chi connectivity index (χ1) is 5.74. The second kappa shape index (κ2) is 4.23. The molecule has 0 aromatic heterocycles. The lowest BCUT2D eigenvalue weighted by Gasteiger charge is -2.10. The van der Waals surface area contributed by atoms with Crippen molar-refractivity contribution < 1.29 is 14.6 Å². The average Bonchev–Trinajstić information content (AvgIpc) is 2.56. The molecule has 1 N–H and O–H groups in total. The van der Waals surface area contributed by atoms with Crippen molar-refractivity contribution in [1.29, 1.82) is 0 Å². The van der Waals surface area contributed by atoms with Gasteiger partial charge in [-0.2, -0.15) is 0 Å². The topological polar surface area (TPSA) is 46.5 Å². The Morgan fingerprint density at radius 3 is 2.67 bits per heavy atom. The lowest BCUT2D eigenvalue weighted by atomic mass is 10.5. The predicted molar refractivity (Wildman–Crippen MR) is 48.2 cm³/mol. The maximum atomic E-state index is 11.2. The van der Waals surface area contributed by atoms with Crippen molar-refractivity contribution in [2.45, 2.75) is 19.6 Å². The molecule has 1 heterocycles. The highest BCUT2D eigenvalue weighted by atomic mass is 28.3. The smallest absolute Gasteiger partial charge is 0.279 e. The van der Waals surface area contributed by atoms with Gasteiger partial charge in [-0.25, -0.2) is 0 Å². The molecule has 3 nitrogen and oxygen atoms in total. The molecule has 1 atom stereocenters. The first kappa shape index (κ1) is 9.22. The number of carbonyl (C=O) groups is 1. The summed E-state index contributed by atoms with van der Waals surface area (Å²) in [4.78, 5) is 11.2. The number of ether oxygens (including phenoxy) is 1. The SMILES string of the molecule is CCC(O)OC(=O)[SiH]1C=CC=C1. The van der Waals surface area contributed by atoms with Crippen molar-refractivity contribution in [1.82, 2.24) is 0 Å². The molecule has 0 bridgehead atoms. The van der Waals surface area contributed by atoms with Crippen LogP contribution in [0.5, 0.6) is 0 Å². The largest absolute Gasteiger partial charge is 0.440 e. The fourth-order valence-corrected chi connectivity index (χ4v) is 2.38. The summed E-state index contributed by atoms with van der Waals surface area (Å²) >= 11 is 0. The zero-order valence-corrected chi connectivity index (χ0v) is 8.09. The summed E-state index contributed by atoms with van der Waals surface area (Å²) in [5, 5.41) is 9.02. The van der Waals surface area contributed by atoms with Crippen LogP contribution < -0.4 is 0 Å². The molecule has 0 saturated carbocycles. The molecule has 0 fully saturated rings. The summed E-state index contributed by atoms with van der Waals surface area (Å²) < 4.78 is 4.76. The molecule has 0 spiro atoms. The second-order valence-electron chi connectivity index (χ2n) is 2.60. The number of carbonyl (C=O) groups excluding carboxylic acids is 1. The number of allylic oxidation sites excluding steroid dienone is 2. The third kappa shape index (κ3) is 2.32. The highest BCUT2D eigenvalue weighted by molar-refractivity contribution is 6.96. The summed E-state index contributed by atoms with van der Waals surface area (Å²) in [5.74, 6) is 0. The summed E-state index contributed by atoms with van der Waals surface area (Å²) in [6, 6.07) is 0. The van der Waals surface area contributed by atoms with Crippen LogP contribution in [0.3, 0.4) is 0 Å². The fourth-order valence-electron chi connectivity index (χ4n) is 0.885. The molecule has 0 saturated heterocycles. The fraction of sp³-hybridized carbons (Fsp3) is 0.375. The van der Waals surface area contributed by atoms with Crippen molar-refractivity contribution in [3.8, 4) is 0 Å². The Labute approximate surface area is 73.0 Å². The Bertz CT molecular complexity index is 210. The maximum absolute atomic E-state index is 11.2. The van der Waals surface area contributed by atoms with E-state index in [0.717, 1.165) is 0 Å². The minimum atomic E-state index is -1.63. The van der Waals surface area contributed by atoms with Gasteiger partial charge in [-0.15, -0.1) is 0 Å². The number of hydrogen-bond donors (Lipinski definition) is 1. The standard InChI is InChI=1S/C8H12O3Si/c1-2-7(9)11-8(10)12-5-3-4-6-12/h3-7,9,12H,2H2,1H3. The summed E-state index contributed by atoms with van der Waals surface area (Å²) in [7, 11) is -1.63. The lowest BCUT2D eigenvalue weighted by molar-refractivity contribution is -0.0439. The van der Waals surface area contributed by atoms with Crippen molar-refractivity contribution in [3.63, 3.8) is 0 Å². The van der Waals surface area contributed by atoms with E-state index in [2.05, 4.69) is 0 Å². The summed E-state index contributed by atoms with van der Waals surface area (Å²) in [5.41, 5.74) is 3.48. The third-order valence-corrected chi connectivity index (χ3v) is 3.58. The Hall–Kier alpha value is -0.873. The predicted octanol–water partition coefficient (Wildman–Crippen LogP) is 0.865. The number of hydrogen-bond acceptors (Lipinski definition) is 3. The molecule has 0 aromatic carbocycles. The van der Waals surface area contributed by atoms with Crippen LogP contribution in [0.15, 0.2) is 23.6 Å². The van der Waals surface area contributed by atoms with Crippen LogP contribution in [0.1, 0.15) is 13.3 Å². The van der Waals surface area contributed by atoms with Crippen molar-refractivity contribution in [2.24, 2.45) is 0 Å². The Kier molecular flexibility index (Phi) is 3.25. The van der Waals surface area contributed by atoms with E-state index in [1.165, 1.54) is 0 Å². The van der Waals surface area contributed by atoms with Crippen molar-refractivity contribution in [3.05, 3.63) is 23.6 Å². The molecule has 4 heteroatoms. The van der Waals surface area contributed by atoms with E-state index >= 15 is 0 Å². The molecule has 1 rings (SSSR count). The summed E-state index contributed by atoms with van der Waals surface area (Å²) in [6.45, 7) is 1.76. The van der Waals surface area contributed by atoms with E-state index in [1.54, 1.807) is 6.92 Å². The number of aliphatic hydroxyl groups excluding tert-OH is 1. The Morgan fingerprint density at radius 2 is 2.17 bits per heavy atom. The Balaban J connectivity index is 2.38. The van der Waals surface area contributed by atoms with Gasteiger partial charge in [0.1, 0.15) is 0 Å². The van der Waals surface area contributed by atoms with Gasteiger partial charge in [0.05, 0.1) is 0 Å². The quantitative estimate of drug-likeness (QED) is 0.523. The molecule has 0 aliphatic carbocycles. The van der Waals surface area contributed by atoms with Crippen LogP contribution in [0.4, 0.5) is 4.79 Å². The molecular weight excluding hydrogens is 172 g/mol. The van der Waals surface area contributed by atoms with E-state index in [1.807, 2.05) is 23.6 Å². The minimum Gasteiger partial charge on any atom is -0.440 e. The normalized spacial score (nSPS) is 18.2. The molecule has 1 aliphatic heterocycles. The van der Waals surface area contributed by atoms with Crippen LogP contribution in [0, 0.1) is 0 Å². The summed E-state index contributed by atoms with van der Waals surface area (Å²) in [6.07, 6.45) is 3.19. The Morgan fingerprint density at radius 1 is 1.58 bits per heavy atom. The van der Waals surface area contributed by atoms with Gasteiger partial charge in [0.2, 0.25) is 8.80 Å². The van der Waals surface area contributed by atoms with E-state index in [4.69, 9.17) is 9.84 Å². The van der Waals surface area contributed by atoms with Crippen LogP contribution in [-0.2, 0) is 4.74 Å².